The van der Waals surface area contributed by atoms with Gasteiger partial charge in [0.2, 0.25) is 5.91 Å². The number of imidazole rings is 1. The lowest BCUT2D eigenvalue weighted by Crippen LogP contribution is -2.47. The SMILES string of the molecule is CCC[C@]1(CO)CCCN(C(=O)CCCn2ccnc2C)C1. The van der Waals surface area contributed by atoms with Crippen LogP contribution in [0.2, 0.25) is 0 Å². The number of amides is 1. The van der Waals surface area contributed by atoms with E-state index in [0.29, 0.717) is 6.42 Å². The number of nitrogens with zero attached hydrogens (tertiary/aromatic N) is 3. The third kappa shape index (κ3) is 4.09. The molecule has 1 amide bonds. The molecule has 124 valence electrons. The molecule has 0 radical (unpaired) electrons. The first-order valence-corrected chi connectivity index (χ1v) is 8.46. The first-order chi connectivity index (χ1) is 10.6. The molecule has 2 heterocycles. The van der Waals surface area contributed by atoms with Crippen molar-refractivity contribution in [3.8, 4) is 0 Å². The average Bonchev–Trinajstić information content (AvgIpc) is 2.93. The van der Waals surface area contributed by atoms with E-state index in [9.17, 15) is 9.90 Å². The molecule has 0 saturated carbocycles. The predicted molar refractivity (Wildman–Crippen MR) is 86.4 cm³/mol. The van der Waals surface area contributed by atoms with Crippen molar-refractivity contribution in [1.29, 1.82) is 0 Å². The lowest BCUT2D eigenvalue weighted by atomic mass is 9.77. The fourth-order valence-electron chi connectivity index (χ4n) is 3.56. The van der Waals surface area contributed by atoms with Gasteiger partial charge in [0.15, 0.2) is 0 Å². The first kappa shape index (κ1) is 17.0. The van der Waals surface area contributed by atoms with E-state index in [1.807, 2.05) is 18.0 Å². The van der Waals surface area contributed by atoms with E-state index in [0.717, 1.165) is 57.6 Å². The molecule has 1 aromatic rings. The van der Waals surface area contributed by atoms with Crippen LogP contribution in [0.3, 0.4) is 0 Å². The number of aryl methyl sites for hydroxylation is 2. The molecule has 1 N–H and O–H groups in total. The van der Waals surface area contributed by atoms with Crippen LogP contribution < -0.4 is 0 Å². The highest BCUT2D eigenvalue weighted by Crippen LogP contribution is 2.34. The maximum atomic E-state index is 12.4. The second-order valence-electron chi connectivity index (χ2n) is 6.60. The summed E-state index contributed by atoms with van der Waals surface area (Å²) in [4.78, 5) is 18.6. The van der Waals surface area contributed by atoms with Crippen LogP contribution in [-0.2, 0) is 11.3 Å². The summed E-state index contributed by atoms with van der Waals surface area (Å²) in [5, 5.41) is 9.76. The number of aliphatic hydroxyl groups is 1. The maximum absolute atomic E-state index is 12.4. The fraction of sp³-hybridized carbons (Fsp3) is 0.765. The maximum Gasteiger partial charge on any atom is 0.222 e. The molecule has 1 aliphatic rings. The molecule has 0 aromatic carbocycles. The topological polar surface area (TPSA) is 58.4 Å². The van der Waals surface area contributed by atoms with Gasteiger partial charge in [-0.3, -0.25) is 4.79 Å². The molecule has 5 heteroatoms. The van der Waals surface area contributed by atoms with Gasteiger partial charge < -0.3 is 14.6 Å². The van der Waals surface area contributed by atoms with E-state index in [1.165, 1.54) is 0 Å². The van der Waals surface area contributed by atoms with E-state index >= 15 is 0 Å². The second-order valence-corrected chi connectivity index (χ2v) is 6.60. The van der Waals surface area contributed by atoms with Crippen LogP contribution in [0.4, 0.5) is 0 Å². The van der Waals surface area contributed by atoms with Crippen molar-refractivity contribution in [3.05, 3.63) is 18.2 Å². The van der Waals surface area contributed by atoms with Gasteiger partial charge in [-0.2, -0.15) is 0 Å². The van der Waals surface area contributed by atoms with Crippen molar-refractivity contribution >= 4 is 5.91 Å². The van der Waals surface area contributed by atoms with Crippen molar-refractivity contribution in [2.75, 3.05) is 19.7 Å². The van der Waals surface area contributed by atoms with Gasteiger partial charge in [-0.25, -0.2) is 4.98 Å². The summed E-state index contributed by atoms with van der Waals surface area (Å²) in [6.45, 7) is 6.72. The minimum atomic E-state index is -0.0659. The van der Waals surface area contributed by atoms with Crippen molar-refractivity contribution in [3.63, 3.8) is 0 Å². The number of carbonyl (C=O) groups is 1. The fourth-order valence-corrected chi connectivity index (χ4v) is 3.56. The van der Waals surface area contributed by atoms with Crippen LogP contribution in [0.15, 0.2) is 12.4 Å². The highest BCUT2D eigenvalue weighted by Gasteiger charge is 2.35. The number of hydrogen-bond donors (Lipinski definition) is 1. The van der Waals surface area contributed by atoms with E-state index < -0.39 is 0 Å². The van der Waals surface area contributed by atoms with Gasteiger partial charge in [0.25, 0.3) is 0 Å². The van der Waals surface area contributed by atoms with Gasteiger partial charge in [0, 0.05) is 43.9 Å². The molecule has 0 unspecified atom stereocenters. The molecule has 1 atom stereocenters. The summed E-state index contributed by atoms with van der Waals surface area (Å²) in [7, 11) is 0. The van der Waals surface area contributed by atoms with Crippen LogP contribution >= 0.6 is 0 Å². The zero-order valence-electron chi connectivity index (χ0n) is 13.9. The Labute approximate surface area is 133 Å². The molecule has 1 aliphatic heterocycles. The van der Waals surface area contributed by atoms with Gasteiger partial charge in [-0.1, -0.05) is 13.3 Å². The van der Waals surface area contributed by atoms with Crippen molar-refractivity contribution < 1.29 is 9.90 Å². The number of rotatable bonds is 7. The number of likely N-dealkylation sites (tertiary alicyclic amines) is 1. The molecule has 1 aromatic heterocycles. The lowest BCUT2D eigenvalue weighted by molar-refractivity contribution is -0.135. The summed E-state index contributed by atoms with van der Waals surface area (Å²) in [6.07, 6.45) is 9.27. The van der Waals surface area contributed by atoms with Gasteiger partial charge in [0.1, 0.15) is 5.82 Å². The number of piperidine rings is 1. The number of hydrogen-bond acceptors (Lipinski definition) is 3. The van der Waals surface area contributed by atoms with Crippen molar-refractivity contribution in [1.82, 2.24) is 14.5 Å². The van der Waals surface area contributed by atoms with Crippen LogP contribution in [-0.4, -0.2) is 45.2 Å². The Bertz CT molecular complexity index is 482. The molecular formula is C17H29N3O2. The summed E-state index contributed by atoms with van der Waals surface area (Å²) < 4.78 is 2.08. The Hall–Kier alpha value is -1.36. The first-order valence-electron chi connectivity index (χ1n) is 8.46. The quantitative estimate of drug-likeness (QED) is 0.841. The van der Waals surface area contributed by atoms with Gasteiger partial charge in [-0.15, -0.1) is 0 Å². The summed E-state index contributed by atoms with van der Waals surface area (Å²) in [5.41, 5.74) is -0.0659. The zero-order valence-corrected chi connectivity index (χ0v) is 13.9. The predicted octanol–water partition coefficient (Wildman–Crippen LogP) is 2.37. The Morgan fingerprint density at radius 3 is 2.95 bits per heavy atom. The summed E-state index contributed by atoms with van der Waals surface area (Å²) in [5.74, 6) is 1.22. The van der Waals surface area contributed by atoms with Crippen LogP contribution in [0, 0.1) is 12.3 Å². The van der Waals surface area contributed by atoms with E-state index in [4.69, 9.17) is 0 Å². The minimum Gasteiger partial charge on any atom is -0.396 e. The summed E-state index contributed by atoms with van der Waals surface area (Å²) >= 11 is 0. The van der Waals surface area contributed by atoms with Gasteiger partial charge in [0.05, 0.1) is 6.61 Å². The Kier molecular flexibility index (Phi) is 6.00. The smallest absolute Gasteiger partial charge is 0.222 e. The van der Waals surface area contributed by atoms with Gasteiger partial charge >= 0.3 is 0 Å². The van der Waals surface area contributed by atoms with Crippen molar-refractivity contribution in [2.24, 2.45) is 5.41 Å². The van der Waals surface area contributed by atoms with Crippen LogP contribution in [0.25, 0.3) is 0 Å². The molecule has 1 saturated heterocycles. The monoisotopic (exact) mass is 307 g/mol. The largest absolute Gasteiger partial charge is 0.396 e. The highest BCUT2D eigenvalue weighted by atomic mass is 16.3. The third-order valence-electron chi connectivity index (χ3n) is 4.84. The Morgan fingerprint density at radius 2 is 2.32 bits per heavy atom. The second kappa shape index (κ2) is 7.77. The Balaban J connectivity index is 1.82. The van der Waals surface area contributed by atoms with Crippen LogP contribution in [0.1, 0.15) is 51.3 Å². The Morgan fingerprint density at radius 1 is 1.50 bits per heavy atom. The minimum absolute atomic E-state index is 0.0659. The standard InChI is InChI=1S/C17H29N3O2/c1-3-7-17(14-21)8-5-11-20(13-17)16(22)6-4-10-19-12-9-18-15(19)2/h9,12,21H,3-8,10-11,13-14H2,1-2H3/t17-/m0/s1. The third-order valence-corrected chi connectivity index (χ3v) is 4.84. The number of carbonyl (C=O) groups excluding carboxylic acids is 1. The van der Waals surface area contributed by atoms with Gasteiger partial charge in [-0.05, 0) is 32.6 Å². The number of aromatic nitrogens is 2. The van der Waals surface area contributed by atoms with Crippen molar-refractivity contribution in [2.45, 2.75) is 58.9 Å². The highest BCUT2D eigenvalue weighted by molar-refractivity contribution is 5.76. The van der Waals surface area contributed by atoms with E-state index in [-0.39, 0.29) is 17.9 Å². The lowest BCUT2D eigenvalue weighted by Gasteiger charge is -2.42. The molecule has 5 nitrogen and oxygen atoms in total. The molecule has 1 fully saturated rings. The molecule has 0 aliphatic carbocycles. The molecule has 2 rings (SSSR count). The van der Waals surface area contributed by atoms with Crippen LogP contribution in [0.5, 0.6) is 0 Å². The molecule has 0 bridgehead atoms. The molecular weight excluding hydrogens is 278 g/mol. The summed E-state index contributed by atoms with van der Waals surface area (Å²) in [6, 6.07) is 0. The molecule has 22 heavy (non-hydrogen) atoms. The zero-order chi connectivity index (χ0) is 16.0. The number of aliphatic hydroxyl groups excluding tert-OH is 1. The average molecular weight is 307 g/mol. The van der Waals surface area contributed by atoms with E-state index in [2.05, 4.69) is 16.5 Å². The normalized spacial score (nSPS) is 22.0. The molecule has 0 spiro atoms. The van der Waals surface area contributed by atoms with E-state index in [1.54, 1.807) is 6.20 Å².